The van der Waals surface area contributed by atoms with E-state index in [1.807, 2.05) is 13.0 Å². The number of hydrogen-bond acceptors (Lipinski definition) is 3. The number of carbonyl (C=O) groups is 2. The Balaban J connectivity index is 2.69. The van der Waals surface area contributed by atoms with E-state index in [1.165, 1.54) is 11.9 Å². The zero-order valence-corrected chi connectivity index (χ0v) is 10.8. The number of rotatable bonds is 4. The van der Waals surface area contributed by atoms with E-state index in [9.17, 15) is 9.59 Å². The predicted molar refractivity (Wildman–Crippen MR) is 69.8 cm³/mol. The molecule has 1 aromatic rings. The number of aryl methyl sites for hydroxylation is 1. The first-order valence-electron chi connectivity index (χ1n) is 5.68. The van der Waals surface area contributed by atoms with Gasteiger partial charge in [-0.2, -0.15) is 5.26 Å². The van der Waals surface area contributed by atoms with Crippen molar-refractivity contribution in [2.45, 2.75) is 13.3 Å². The van der Waals surface area contributed by atoms with Gasteiger partial charge >= 0.3 is 12.0 Å². The molecule has 19 heavy (non-hydrogen) atoms. The van der Waals surface area contributed by atoms with E-state index in [1.54, 1.807) is 18.2 Å². The van der Waals surface area contributed by atoms with Gasteiger partial charge in [-0.25, -0.2) is 4.79 Å². The second-order valence-corrected chi connectivity index (χ2v) is 4.19. The number of nitrogens with zero attached hydrogens (tertiary/aromatic N) is 2. The maximum atomic E-state index is 11.8. The molecule has 0 spiro atoms. The highest BCUT2D eigenvalue weighted by Crippen LogP contribution is 2.14. The van der Waals surface area contributed by atoms with Gasteiger partial charge in [0.05, 0.1) is 18.1 Å². The predicted octanol–water partition coefficient (Wildman–Crippen LogP) is 1.81. The number of amides is 2. The highest BCUT2D eigenvalue weighted by atomic mass is 16.4. The van der Waals surface area contributed by atoms with Crippen molar-refractivity contribution in [2.24, 2.45) is 0 Å². The first-order valence-corrected chi connectivity index (χ1v) is 5.68. The maximum Gasteiger partial charge on any atom is 0.321 e. The fraction of sp³-hybridized carbons (Fsp3) is 0.308. The van der Waals surface area contributed by atoms with Crippen LogP contribution in [0, 0.1) is 18.3 Å². The molecule has 0 bridgehead atoms. The van der Waals surface area contributed by atoms with Crippen molar-refractivity contribution in [3.63, 3.8) is 0 Å². The molecule has 0 aliphatic heterocycles. The number of benzene rings is 1. The molecule has 2 N–H and O–H groups in total. The highest BCUT2D eigenvalue weighted by Gasteiger charge is 2.10. The van der Waals surface area contributed by atoms with Gasteiger partial charge < -0.3 is 15.3 Å². The molecule has 0 radical (unpaired) electrons. The van der Waals surface area contributed by atoms with Crippen LogP contribution in [0.4, 0.5) is 10.5 Å². The van der Waals surface area contributed by atoms with Crippen molar-refractivity contribution in [3.05, 3.63) is 29.3 Å². The SMILES string of the molecule is Cc1cc(C#N)cc(NC(=O)N(C)CCC(=O)O)c1. The Morgan fingerprint density at radius 2 is 2.11 bits per heavy atom. The van der Waals surface area contributed by atoms with Crippen LogP contribution < -0.4 is 5.32 Å². The van der Waals surface area contributed by atoms with Crippen LogP contribution in [0.1, 0.15) is 17.5 Å². The third-order valence-electron chi connectivity index (χ3n) is 2.47. The van der Waals surface area contributed by atoms with Gasteiger partial charge in [-0.05, 0) is 30.7 Å². The second kappa shape index (κ2) is 6.40. The molecule has 100 valence electrons. The van der Waals surface area contributed by atoms with Crippen LogP contribution in [0.5, 0.6) is 0 Å². The number of urea groups is 1. The van der Waals surface area contributed by atoms with Gasteiger partial charge in [-0.15, -0.1) is 0 Å². The van der Waals surface area contributed by atoms with Crippen molar-refractivity contribution in [1.82, 2.24) is 4.90 Å². The lowest BCUT2D eigenvalue weighted by Gasteiger charge is -2.17. The zero-order valence-electron chi connectivity index (χ0n) is 10.8. The lowest BCUT2D eigenvalue weighted by Crippen LogP contribution is -2.33. The van der Waals surface area contributed by atoms with E-state index >= 15 is 0 Å². The van der Waals surface area contributed by atoms with E-state index in [0.717, 1.165) is 5.56 Å². The third kappa shape index (κ3) is 4.68. The average Bonchev–Trinajstić information content (AvgIpc) is 2.34. The third-order valence-corrected chi connectivity index (χ3v) is 2.47. The van der Waals surface area contributed by atoms with Crippen LogP contribution in [0.3, 0.4) is 0 Å². The van der Waals surface area contributed by atoms with Crippen molar-refractivity contribution >= 4 is 17.7 Å². The normalized spacial score (nSPS) is 9.53. The van der Waals surface area contributed by atoms with Crippen LogP contribution in [0.15, 0.2) is 18.2 Å². The van der Waals surface area contributed by atoms with Gasteiger partial charge in [0, 0.05) is 19.3 Å². The molecule has 0 atom stereocenters. The number of carboxylic acid groups (broad SMARTS) is 1. The summed E-state index contributed by atoms with van der Waals surface area (Å²) in [6.45, 7) is 1.95. The van der Waals surface area contributed by atoms with Crippen molar-refractivity contribution in [3.8, 4) is 6.07 Å². The zero-order chi connectivity index (χ0) is 14.4. The van der Waals surface area contributed by atoms with Gasteiger partial charge in [0.1, 0.15) is 0 Å². The summed E-state index contributed by atoms with van der Waals surface area (Å²) in [7, 11) is 1.51. The lowest BCUT2D eigenvalue weighted by atomic mass is 10.1. The number of hydrogen-bond donors (Lipinski definition) is 2. The summed E-state index contributed by atoms with van der Waals surface area (Å²) in [4.78, 5) is 23.5. The summed E-state index contributed by atoms with van der Waals surface area (Å²) in [5, 5.41) is 20.0. The van der Waals surface area contributed by atoms with Gasteiger partial charge in [-0.3, -0.25) is 4.79 Å². The number of aliphatic carboxylic acids is 1. The van der Waals surface area contributed by atoms with Gasteiger partial charge in [0.15, 0.2) is 0 Å². The molecule has 0 saturated heterocycles. The van der Waals surface area contributed by atoms with Crippen LogP contribution in [-0.2, 0) is 4.79 Å². The number of carbonyl (C=O) groups excluding carboxylic acids is 1. The Labute approximate surface area is 111 Å². The molecular weight excluding hydrogens is 246 g/mol. The Bertz CT molecular complexity index is 534. The quantitative estimate of drug-likeness (QED) is 0.864. The molecule has 0 aliphatic rings. The van der Waals surface area contributed by atoms with Crippen LogP contribution in [0.2, 0.25) is 0 Å². The minimum Gasteiger partial charge on any atom is -0.481 e. The lowest BCUT2D eigenvalue weighted by molar-refractivity contribution is -0.137. The second-order valence-electron chi connectivity index (χ2n) is 4.19. The Hall–Kier alpha value is -2.55. The molecule has 2 amide bonds. The molecular formula is C13H15N3O3. The average molecular weight is 261 g/mol. The molecule has 6 heteroatoms. The largest absolute Gasteiger partial charge is 0.481 e. The topological polar surface area (TPSA) is 93.4 Å². The van der Waals surface area contributed by atoms with Crippen LogP contribution in [-0.4, -0.2) is 35.6 Å². The maximum absolute atomic E-state index is 11.8. The Morgan fingerprint density at radius 1 is 1.42 bits per heavy atom. The molecule has 0 heterocycles. The number of carboxylic acids is 1. The molecule has 1 rings (SSSR count). The smallest absolute Gasteiger partial charge is 0.321 e. The first kappa shape index (κ1) is 14.5. The molecule has 0 unspecified atom stereocenters. The van der Waals surface area contributed by atoms with Crippen molar-refractivity contribution in [2.75, 3.05) is 18.9 Å². The molecule has 0 saturated carbocycles. The molecule has 0 aliphatic carbocycles. The Morgan fingerprint density at radius 3 is 2.68 bits per heavy atom. The fourth-order valence-corrected chi connectivity index (χ4v) is 1.50. The summed E-state index contributed by atoms with van der Waals surface area (Å²) < 4.78 is 0. The fourth-order valence-electron chi connectivity index (χ4n) is 1.50. The highest BCUT2D eigenvalue weighted by molar-refractivity contribution is 5.89. The summed E-state index contributed by atoms with van der Waals surface area (Å²) in [6, 6.07) is 6.62. The molecule has 0 fully saturated rings. The van der Waals surface area contributed by atoms with Crippen LogP contribution in [0.25, 0.3) is 0 Å². The molecule has 6 nitrogen and oxygen atoms in total. The summed E-state index contributed by atoms with van der Waals surface area (Å²) >= 11 is 0. The number of anilines is 1. The van der Waals surface area contributed by atoms with E-state index in [-0.39, 0.29) is 13.0 Å². The summed E-state index contributed by atoms with van der Waals surface area (Å²) in [5.74, 6) is -0.957. The van der Waals surface area contributed by atoms with Crippen molar-refractivity contribution < 1.29 is 14.7 Å². The minimum absolute atomic E-state index is 0.110. The van der Waals surface area contributed by atoms with Gasteiger partial charge in [0.2, 0.25) is 0 Å². The minimum atomic E-state index is -0.957. The molecule has 1 aromatic carbocycles. The van der Waals surface area contributed by atoms with Gasteiger partial charge in [0.25, 0.3) is 0 Å². The number of nitriles is 1. The van der Waals surface area contributed by atoms with Crippen LogP contribution >= 0.6 is 0 Å². The molecule has 0 aromatic heterocycles. The first-order chi connectivity index (χ1) is 8.92. The van der Waals surface area contributed by atoms with Crippen molar-refractivity contribution in [1.29, 1.82) is 5.26 Å². The monoisotopic (exact) mass is 261 g/mol. The van der Waals surface area contributed by atoms with Gasteiger partial charge in [-0.1, -0.05) is 0 Å². The van der Waals surface area contributed by atoms with E-state index < -0.39 is 12.0 Å². The summed E-state index contributed by atoms with van der Waals surface area (Å²) in [5.41, 5.74) is 1.84. The standard InChI is InChI=1S/C13H15N3O3/c1-9-5-10(8-14)7-11(6-9)15-13(19)16(2)4-3-12(17)18/h5-7H,3-4H2,1-2H3,(H,15,19)(H,17,18). The number of nitrogens with one attached hydrogen (secondary N) is 1. The Kier molecular flexibility index (Phi) is 4.89. The van der Waals surface area contributed by atoms with E-state index in [2.05, 4.69) is 5.32 Å². The van der Waals surface area contributed by atoms with E-state index in [0.29, 0.717) is 11.3 Å². The van der Waals surface area contributed by atoms with E-state index in [4.69, 9.17) is 10.4 Å². The summed E-state index contributed by atoms with van der Waals surface area (Å²) in [6.07, 6.45) is -0.110.